The van der Waals surface area contributed by atoms with Crippen molar-refractivity contribution in [3.05, 3.63) is 87.6 Å². The zero-order chi connectivity index (χ0) is 31.4. The van der Waals surface area contributed by atoms with Gasteiger partial charge < -0.3 is 20.0 Å². The third-order valence-electron chi connectivity index (χ3n) is 7.29. The number of carbonyl (C=O) groups excluding carboxylic acids is 3. The minimum atomic E-state index is -1.12. The lowest BCUT2D eigenvalue weighted by molar-refractivity contribution is -0.117. The van der Waals surface area contributed by atoms with Crippen LogP contribution in [0.4, 0.5) is 16.3 Å². The molecule has 4 amide bonds. The van der Waals surface area contributed by atoms with Crippen LogP contribution >= 0.6 is 0 Å². The van der Waals surface area contributed by atoms with Gasteiger partial charge in [-0.25, -0.2) is 19.4 Å². The van der Waals surface area contributed by atoms with E-state index >= 15 is 0 Å². The van der Waals surface area contributed by atoms with Crippen molar-refractivity contribution < 1.29 is 34.2 Å². The fourth-order valence-corrected chi connectivity index (χ4v) is 4.92. The van der Waals surface area contributed by atoms with E-state index in [2.05, 4.69) is 30.1 Å². The first-order chi connectivity index (χ1) is 20.3. The van der Waals surface area contributed by atoms with E-state index in [1.54, 1.807) is 31.2 Å². The Kier molecular flexibility index (Phi) is 9.08. The van der Waals surface area contributed by atoms with Crippen molar-refractivity contribution in [3.8, 4) is 0 Å². The van der Waals surface area contributed by atoms with Crippen LogP contribution in [0.25, 0.3) is 0 Å². The predicted molar refractivity (Wildman–Crippen MR) is 159 cm³/mol. The number of piperazine rings is 1. The first kappa shape index (κ1) is 30.7. The van der Waals surface area contributed by atoms with E-state index in [0.717, 1.165) is 36.2 Å². The van der Waals surface area contributed by atoms with E-state index in [1.165, 1.54) is 22.6 Å². The van der Waals surface area contributed by atoms with Crippen molar-refractivity contribution in [1.29, 1.82) is 0 Å². The van der Waals surface area contributed by atoms with Gasteiger partial charge in [-0.1, -0.05) is 6.07 Å². The molecule has 0 radical (unpaired) electrons. The van der Waals surface area contributed by atoms with Gasteiger partial charge in [-0.15, -0.1) is 0 Å². The monoisotopic (exact) mass is 587 g/mol. The van der Waals surface area contributed by atoms with Gasteiger partial charge in [0.2, 0.25) is 5.91 Å². The molecule has 3 aromatic rings. The fraction of sp³-hybridized carbons (Fsp3) is 0.290. The zero-order valence-corrected chi connectivity index (χ0v) is 24.4. The Morgan fingerprint density at radius 1 is 0.767 bits per heavy atom. The number of aromatic carboxylic acids is 2. The maximum Gasteiger partial charge on any atom is 0.335 e. The molecule has 2 aromatic carbocycles. The van der Waals surface area contributed by atoms with E-state index < -0.39 is 18.0 Å². The molecule has 0 bridgehead atoms. The van der Waals surface area contributed by atoms with Crippen molar-refractivity contribution in [3.63, 3.8) is 0 Å². The lowest BCUT2D eigenvalue weighted by Crippen LogP contribution is -2.49. The third-order valence-corrected chi connectivity index (χ3v) is 7.29. The van der Waals surface area contributed by atoms with Gasteiger partial charge in [0.05, 0.1) is 11.1 Å². The summed E-state index contributed by atoms with van der Waals surface area (Å²) in [4.78, 5) is 67.3. The highest BCUT2D eigenvalue weighted by molar-refractivity contribution is 6.12. The largest absolute Gasteiger partial charge is 0.478 e. The molecule has 12 heteroatoms. The molecule has 2 aliphatic rings. The topological polar surface area (TPSA) is 160 Å². The van der Waals surface area contributed by atoms with Crippen LogP contribution in [-0.4, -0.2) is 82.6 Å². The van der Waals surface area contributed by atoms with Crippen molar-refractivity contribution in [2.45, 2.75) is 27.7 Å². The van der Waals surface area contributed by atoms with Gasteiger partial charge in [0.1, 0.15) is 12.4 Å². The SMILES string of the molecule is Cc1cc(C(=O)O)cc(C(=O)O)c1.Cc1cc(C)c(N2CCN(C(=O)c3ccc(N4CC(=O)NC4=O)cc3)CC2)nc1C. The Morgan fingerprint density at radius 2 is 1.35 bits per heavy atom. The third kappa shape index (κ3) is 7.15. The molecule has 1 aromatic heterocycles. The number of pyridine rings is 1. The maximum atomic E-state index is 12.9. The molecule has 0 unspecified atom stereocenters. The number of amides is 4. The first-order valence-corrected chi connectivity index (χ1v) is 13.6. The minimum absolute atomic E-state index is 0.0000230. The number of aryl methyl sites for hydroxylation is 4. The summed E-state index contributed by atoms with van der Waals surface area (Å²) >= 11 is 0. The van der Waals surface area contributed by atoms with Crippen molar-refractivity contribution in [2.24, 2.45) is 0 Å². The highest BCUT2D eigenvalue weighted by Crippen LogP contribution is 2.23. The van der Waals surface area contributed by atoms with Crippen molar-refractivity contribution in [1.82, 2.24) is 15.2 Å². The average Bonchev–Trinajstić information content (AvgIpc) is 3.32. The van der Waals surface area contributed by atoms with E-state index in [0.29, 0.717) is 29.9 Å². The summed E-state index contributed by atoms with van der Waals surface area (Å²) in [5, 5.41) is 19.5. The highest BCUT2D eigenvalue weighted by atomic mass is 16.4. The Morgan fingerprint density at radius 3 is 1.86 bits per heavy atom. The maximum absolute atomic E-state index is 12.9. The standard InChI is InChI=1S/C22H25N5O3.C9H8O4/c1-14-12-15(2)20(23-16(14)3)25-8-10-26(11-9-25)21(29)17-4-6-18(7-5-17)27-13-19(28)24-22(27)30;1-5-2-6(8(10)11)4-7(3-5)9(12)13/h4-7,12H,8-11,13H2,1-3H3,(H,24,28,30);2-4H,1H3,(H,10,11)(H,12,13). The second-order valence-corrected chi connectivity index (χ2v) is 10.5. The van der Waals surface area contributed by atoms with Gasteiger partial charge in [0, 0.05) is 43.1 Å². The number of carboxylic acid groups (broad SMARTS) is 2. The molecule has 43 heavy (non-hydrogen) atoms. The predicted octanol–water partition coefficient (Wildman–Crippen LogP) is 3.42. The Balaban J connectivity index is 0.000000273. The summed E-state index contributed by atoms with van der Waals surface area (Å²) in [6.45, 7) is 10.5. The summed E-state index contributed by atoms with van der Waals surface area (Å²) < 4.78 is 0. The number of nitrogens with one attached hydrogen (secondary N) is 1. The molecule has 2 saturated heterocycles. The number of hydrogen-bond acceptors (Lipinski definition) is 7. The van der Waals surface area contributed by atoms with E-state index in [-0.39, 0.29) is 29.5 Å². The number of rotatable bonds is 5. The fourth-order valence-electron chi connectivity index (χ4n) is 4.92. The summed E-state index contributed by atoms with van der Waals surface area (Å²) in [6, 6.07) is 12.5. The number of hydrogen-bond donors (Lipinski definition) is 3. The number of carboxylic acids is 2. The molecule has 3 heterocycles. The lowest BCUT2D eigenvalue weighted by atomic mass is 10.1. The van der Waals surface area contributed by atoms with Crippen LogP contribution in [0.15, 0.2) is 48.5 Å². The quantitative estimate of drug-likeness (QED) is 0.380. The smallest absolute Gasteiger partial charge is 0.335 e. The van der Waals surface area contributed by atoms with Crippen molar-refractivity contribution in [2.75, 3.05) is 42.5 Å². The van der Waals surface area contributed by atoms with Crippen LogP contribution < -0.4 is 15.1 Å². The van der Waals surface area contributed by atoms with E-state index in [9.17, 15) is 24.0 Å². The molecule has 0 atom stereocenters. The molecule has 224 valence electrons. The van der Waals surface area contributed by atoms with Gasteiger partial charge in [-0.2, -0.15) is 0 Å². The molecular weight excluding hydrogens is 554 g/mol. The molecule has 12 nitrogen and oxygen atoms in total. The van der Waals surface area contributed by atoms with Crippen LogP contribution in [0.1, 0.15) is 53.5 Å². The second kappa shape index (κ2) is 12.7. The second-order valence-electron chi connectivity index (χ2n) is 10.5. The van der Waals surface area contributed by atoms with Crippen LogP contribution in [0.2, 0.25) is 0 Å². The summed E-state index contributed by atoms with van der Waals surface area (Å²) in [5.74, 6) is -1.61. The molecule has 0 saturated carbocycles. The summed E-state index contributed by atoms with van der Waals surface area (Å²) in [6.07, 6.45) is 0. The van der Waals surface area contributed by atoms with E-state index in [4.69, 9.17) is 15.2 Å². The zero-order valence-electron chi connectivity index (χ0n) is 24.4. The van der Waals surface area contributed by atoms with E-state index in [1.807, 2.05) is 11.8 Å². The van der Waals surface area contributed by atoms with Gasteiger partial charge in [-0.3, -0.25) is 19.8 Å². The average molecular weight is 588 g/mol. The molecule has 2 fully saturated rings. The van der Waals surface area contributed by atoms with Gasteiger partial charge in [0.15, 0.2) is 0 Å². The number of aromatic nitrogens is 1. The number of urea groups is 1. The summed E-state index contributed by atoms with van der Waals surface area (Å²) in [7, 11) is 0. The molecule has 5 rings (SSSR count). The van der Waals surface area contributed by atoms with Crippen LogP contribution in [0.3, 0.4) is 0 Å². The number of benzene rings is 2. The van der Waals surface area contributed by atoms with Crippen LogP contribution in [0.5, 0.6) is 0 Å². The number of carbonyl (C=O) groups is 5. The summed E-state index contributed by atoms with van der Waals surface area (Å²) in [5.41, 5.74) is 5.14. The Bertz CT molecular complexity index is 1560. The number of anilines is 2. The Hall–Kier alpha value is -5.26. The number of nitrogens with zero attached hydrogens (tertiary/aromatic N) is 4. The van der Waals surface area contributed by atoms with Gasteiger partial charge in [-0.05, 0) is 86.8 Å². The molecule has 2 aliphatic heterocycles. The Labute approximate surface area is 248 Å². The number of imide groups is 1. The molecule has 3 N–H and O–H groups in total. The van der Waals surface area contributed by atoms with Crippen LogP contribution in [0, 0.1) is 27.7 Å². The highest BCUT2D eigenvalue weighted by Gasteiger charge is 2.28. The lowest BCUT2D eigenvalue weighted by Gasteiger charge is -2.36. The van der Waals surface area contributed by atoms with Crippen LogP contribution in [-0.2, 0) is 4.79 Å². The van der Waals surface area contributed by atoms with Crippen molar-refractivity contribution >= 4 is 41.3 Å². The van der Waals surface area contributed by atoms with Gasteiger partial charge in [0.25, 0.3) is 5.91 Å². The minimum Gasteiger partial charge on any atom is -0.478 e. The normalized spacial score (nSPS) is 14.7. The molecule has 0 aliphatic carbocycles. The molecular formula is C31H33N5O7. The first-order valence-electron chi connectivity index (χ1n) is 13.6. The molecule has 0 spiro atoms. The van der Waals surface area contributed by atoms with Gasteiger partial charge >= 0.3 is 18.0 Å².